The minimum Gasteiger partial charge on any atom is -0.315 e. The van der Waals surface area contributed by atoms with E-state index < -0.39 is 0 Å². The van der Waals surface area contributed by atoms with Gasteiger partial charge < -0.3 is 4.90 Å². The van der Waals surface area contributed by atoms with Crippen molar-refractivity contribution < 1.29 is 4.79 Å². The van der Waals surface area contributed by atoms with Gasteiger partial charge in [-0.3, -0.25) is 4.79 Å². The van der Waals surface area contributed by atoms with Gasteiger partial charge in [0.2, 0.25) is 0 Å². The molecule has 0 spiro atoms. The fourth-order valence-electron chi connectivity index (χ4n) is 2.20. The summed E-state index contributed by atoms with van der Waals surface area (Å²) in [6.07, 6.45) is 2.08. The van der Waals surface area contributed by atoms with E-state index in [1.54, 1.807) is 4.90 Å². The molecule has 1 atom stereocenters. The first-order valence-electron chi connectivity index (χ1n) is 5.14. The number of fused-ring (bicyclic) bond motifs is 1. The molecule has 1 saturated carbocycles. The summed E-state index contributed by atoms with van der Waals surface area (Å²) < 4.78 is 0. The molecule has 1 aromatic rings. The van der Waals surface area contributed by atoms with Crippen molar-refractivity contribution in [3.05, 3.63) is 35.4 Å². The van der Waals surface area contributed by atoms with Crippen LogP contribution in [-0.4, -0.2) is 16.8 Å². The Morgan fingerprint density at radius 2 is 2.07 bits per heavy atom. The Morgan fingerprint density at radius 1 is 1.33 bits per heavy atom. The van der Waals surface area contributed by atoms with Gasteiger partial charge in [0.05, 0.1) is 6.07 Å². The van der Waals surface area contributed by atoms with Crippen LogP contribution in [0.3, 0.4) is 0 Å². The van der Waals surface area contributed by atoms with Gasteiger partial charge in [-0.05, 0) is 18.9 Å². The van der Waals surface area contributed by atoms with Crippen LogP contribution in [0.1, 0.15) is 34.8 Å². The second-order valence-corrected chi connectivity index (χ2v) is 4.06. The maximum Gasteiger partial charge on any atom is 0.255 e. The highest BCUT2D eigenvalue weighted by molar-refractivity contribution is 6.00. The van der Waals surface area contributed by atoms with Gasteiger partial charge in [-0.2, -0.15) is 5.26 Å². The van der Waals surface area contributed by atoms with E-state index >= 15 is 0 Å². The minimum atomic E-state index is -0.360. The Hall–Kier alpha value is -1.82. The van der Waals surface area contributed by atoms with Crippen molar-refractivity contribution in [1.29, 1.82) is 5.26 Å². The van der Waals surface area contributed by atoms with Crippen LogP contribution in [0.2, 0.25) is 0 Å². The molecule has 0 N–H and O–H groups in total. The van der Waals surface area contributed by atoms with E-state index in [0.717, 1.165) is 18.4 Å². The number of nitrogens with zero attached hydrogens (tertiary/aromatic N) is 2. The molecule has 1 aliphatic heterocycles. The number of benzene rings is 1. The lowest BCUT2D eigenvalue weighted by molar-refractivity contribution is 0.0744. The van der Waals surface area contributed by atoms with Crippen molar-refractivity contribution in [3.63, 3.8) is 0 Å². The van der Waals surface area contributed by atoms with Gasteiger partial charge in [-0.1, -0.05) is 18.2 Å². The Balaban J connectivity index is 2.12. The number of carbonyl (C=O) groups is 1. The monoisotopic (exact) mass is 198 g/mol. The first-order valence-corrected chi connectivity index (χ1v) is 5.14. The standard InChI is InChI=1S/C12H10N2O/c13-7-11-9-3-1-2-4-10(9)12(15)14(11)8-5-6-8/h1-4,8,11H,5-6H2/t11-/m0/s1. The van der Waals surface area contributed by atoms with Crippen molar-refractivity contribution >= 4 is 5.91 Å². The van der Waals surface area contributed by atoms with Crippen LogP contribution >= 0.6 is 0 Å². The van der Waals surface area contributed by atoms with Crippen molar-refractivity contribution in [3.8, 4) is 6.07 Å². The molecule has 0 unspecified atom stereocenters. The Bertz CT molecular complexity index is 471. The maximum atomic E-state index is 12.0. The second-order valence-electron chi connectivity index (χ2n) is 4.06. The highest BCUT2D eigenvalue weighted by Gasteiger charge is 2.44. The highest BCUT2D eigenvalue weighted by Crippen LogP contribution is 2.41. The maximum absolute atomic E-state index is 12.0. The summed E-state index contributed by atoms with van der Waals surface area (Å²) in [6.45, 7) is 0. The van der Waals surface area contributed by atoms with E-state index in [1.165, 1.54) is 0 Å². The van der Waals surface area contributed by atoms with Crippen molar-refractivity contribution in [2.75, 3.05) is 0 Å². The summed E-state index contributed by atoms with van der Waals surface area (Å²) >= 11 is 0. The van der Waals surface area contributed by atoms with Crippen LogP contribution in [0.25, 0.3) is 0 Å². The van der Waals surface area contributed by atoms with E-state index in [1.807, 2.05) is 24.3 Å². The summed E-state index contributed by atoms with van der Waals surface area (Å²) in [5.74, 6) is 0.0275. The van der Waals surface area contributed by atoms with E-state index in [9.17, 15) is 4.79 Å². The number of hydrogen-bond donors (Lipinski definition) is 0. The summed E-state index contributed by atoms with van der Waals surface area (Å²) in [5.41, 5.74) is 1.58. The third-order valence-electron chi connectivity index (χ3n) is 3.06. The first-order chi connectivity index (χ1) is 7.33. The third kappa shape index (κ3) is 1.08. The van der Waals surface area contributed by atoms with Gasteiger partial charge >= 0.3 is 0 Å². The van der Waals surface area contributed by atoms with Crippen LogP contribution in [0.15, 0.2) is 24.3 Å². The fourth-order valence-corrected chi connectivity index (χ4v) is 2.20. The van der Waals surface area contributed by atoms with Crippen molar-refractivity contribution in [2.24, 2.45) is 0 Å². The summed E-state index contributed by atoms with van der Waals surface area (Å²) in [7, 11) is 0. The van der Waals surface area contributed by atoms with Crippen LogP contribution in [0.4, 0.5) is 0 Å². The number of carbonyl (C=O) groups excluding carboxylic acids is 1. The molecule has 3 heteroatoms. The molecule has 3 rings (SSSR count). The molecule has 1 aliphatic carbocycles. The molecule has 1 aromatic carbocycles. The summed E-state index contributed by atoms with van der Waals surface area (Å²) in [5, 5.41) is 9.13. The van der Waals surface area contributed by atoms with E-state index in [0.29, 0.717) is 11.6 Å². The average Bonchev–Trinajstić information content (AvgIpc) is 3.05. The molecule has 3 nitrogen and oxygen atoms in total. The molecular weight excluding hydrogens is 188 g/mol. The van der Waals surface area contributed by atoms with Gasteiger partial charge in [-0.25, -0.2) is 0 Å². The lowest BCUT2D eigenvalue weighted by Gasteiger charge is -2.18. The van der Waals surface area contributed by atoms with Crippen LogP contribution in [-0.2, 0) is 0 Å². The number of hydrogen-bond acceptors (Lipinski definition) is 2. The summed E-state index contributed by atoms with van der Waals surface area (Å²) in [6, 6.07) is 9.59. The van der Waals surface area contributed by atoms with Crippen LogP contribution in [0.5, 0.6) is 0 Å². The Kier molecular flexibility index (Phi) is 1.60. The van der Waals surface area contributed by atoms with Crippen LogP contribution < -0.4 is 0 Å². The van der Waals surface area contributed by atoms with E-state index in [4.69, 9.17) is 5.26 Å². The molecule has 1 fully saturated rings. The number of nitriles is 1. The predicted octanol–water partition coefficient (Wildman–Crippen LogP) is 1.87. The van der Waals surface area contributed by atoms with Crippen molar-refractivity contribution in [2.45, 2.75) is 24.9 Å². The number of rotatable bonds is 1. The summed E-state index contributed by atoms with van der Waals surface area (Å²) in [4.78, 5) is 13.8. The fraction of sp³-hybridized carbons (Fsp3) is 0.333. The SMILES string of the molecule is N#C[C@H]1c2ccccc2C(=O)N1C1CC1. The zero-order chi connectivity index (χ0) is 10.4. The van der Waals surface area contributed by atoms with Gasteiger partial charge in [0.15, 0.2) is 0 Å². The Labute approximate surface area is 87.9 Å². The largest absolute Gasteiger partial charge is 0.315 e. The molecule has 0 aromatic heterocycles. The van der Waals surface area contributed by atoms with E-state index in [2.05, 4.69) is 6.07 Å². The van der Waals surface area contributed by atoms with Gasteiger partial charge in [0, 0.05) is 17.2 Å². The highest BCUT2D eigenvalue weighted by atomic mass is 16.2. The molecule has 0 bridgehead atoms. The lowest BCUT2D eigenvalue weighted by Crippen LogP contribution is -2.29. The van der Waals surface area contributed by atoms with Gasteiger partial charge in [-0.15, -0.1) is 0 Å². The van der Waals surface area contributed by atoms with Gasteiger partial charge in [0.25, 0.3) is 5.91 Å². The zero-order valence-electron chi connectivity index (χ0n) is 8.18. The molecule has 74 valence electrons. The molecule has 15 heavy (non-hydrogen) atoms. The second kappa shape index (κ2) is 2.83. The normalized spacial score (nSPS) is 23.8. The zero-order valence-corrected chi connectivity index (χ0v) is 8.18. The molecule has 2 aliphatic rings. The van der Waals surface area contributed by atoms with Gasteiger partial charge in [0.1, 0.15) is 6.04 Å². The van der Waals surface area contributed by atoms with Crippen molar-refractivity contribution in [1.82, 2.24) is 4.90 Å². The quantitative estimate of drug-likeness (QED) is 0.691. The average molecular weight is 198 g/mol. The molecule has 0 saturated heterocycles. The molecule has 1 heterocycles. The molecule has 0 radical (unpaired) electrons. The smallest absolute Gasteiger partial charge is 0.255 e. The topological polar surface area (TPSA) is 44.1 Å². The first kappa shape index (κ1) is 8.49. The Morgan fingerprint density at radius 3 is 2.73 bits per heavy atom. The number of amides is 1. The third-order valence-corrected chi connectivity index (χ3v) is 3.06. The predicted molar refractivity (Wildman–Crippen MR) is 54.0 cm³/mol. The minimum absolute atomic E-state index is 0.0275. The molecular formula is C12H10N2O. The molecule has 1 amide bonds. The van der Waals surface area contributed by atoms with Crippen LogP contribution in [0, 0.1) is 11.3 Å². The van der Waals surface area contributed by atoms with E-state index in [-0.39, 0.29) is 11.9 Å². The lowest BCUT2D eigenvalue weighted by atomic mass is 10.1.